The van der Waals surface area contributed by atoms with Gasteiger partial charge in [0.1, 0.15) is 5.75 Å². The Kier molecular flexibility index (Phi) is 3.42. The third-order valence-corrected chi connectivity index (χ3v) is 2.99. The molecule has 1 aromatic heterocycles. The van der Waals surface area contributed by atoms with Crippen LogP contribution in [0.2, 0.25) is 0 Å². The van der Waals surface area contributed by atoms with Crippen molar-refractivity contribution in [3.8, 4) is 5.75 Å². The molecule has 0 fully saturated rings. The van der Waals surface area contributed by atoms with Gasteiger partial charge >= 0.3 is 5.97 Å². The number of carbonyl (C=O) groups is 1. The van der Waals surface area contributed by atoms with Gasteiger partial charge in [0.05, 0.1) is 5.52 Å². The molecule has 0 saturated carbocycles. The largest absolute Gasteiger partial charge is 0.479 e. The fraction of sp³-hybridized carbons (Fsp3) is 0.333. The summed E-state index contributed by atoms with van der Waals surface area (Å²) in [6.45, 7) is 7.38. The van der Waals surface area contributed by atoms with E-state index in [4.69, 9.17) is 9.84 Å². The topological polar surface area (TPSA) is 59.4 Å². The average Bonchev–Trinajstić information content (AvgIpc) is 2.26. The van der Waals surface area contributed by atoms with Crippen LogP contribution in [0.4, 0.5) is 0 Å². The Morgan fingerprint density at radius 2 is 1.95 bits per heavy atom. The molecule has 0 aliphatic heterocycles. The maximum absolute atomic E-state index is 10.9. The number of ether oxygens (including phenoxy) is 1. The Labute approximate surface area is 112 Å². The summed E-state index contributed by atoms with van der Waals surface area (Å²) in [7, 11) is 0. The second-order valence-corrected chi connectivity index (χ2v) is 4.84. The average molecular weight is 259 g/mol. The second kappa shape index (κ2) is 4.88. The third kappa shape index (κ3) is 2.67. The van der Waals surface area contributed by atoms with Crippen molar-refractivity contribution in [2.75, 3.05) is 0 Å². The molecule has 4 nitrogen and oxygen atoms in total. The number of hydrogen-bond donors (Lipinski definition) is 1. The van der Waals surface area contributed by atoms with Crippen LogP contribution in [0.25, 0.3) is 10.9 Å². The second-order valence-electron chi connectivity index (χ2n) is 4.84. The molecule has 0 radical (unpaired) electrons. The Balaban J connectivity index is 2.62. The molecule has 1 N–H and O–H groups in total. The highest BCUT2D eigenvalue weighted by atomic mass is 16.5. The number of pyridine rings is 1. The summed E-state index contributed by atoms with van der Waals surface area (Å²) in [5.74, 6) is -0.401. The lowest BCUT2D eigenvalue weighted by Gasteiger charge is -2.15. The molecule has 100 valence electrons. The van der Waals surface area contributed by atoms with Crippen LogP contribution in [0.5, 0.6) is 5.75 Å². The van der Waals surface area contributed by atoms with Crippen molar-refractivity contribution in [3.05, 3.63) is 35.0 Å². The molecule has 0 aliphatic rings. The van der Waals surface area contributed by atoms with Crippen LogP contribution in [-0.2, 0) is 4.79 Å². The van der Waals surface area contributed by atoms with Crippen LogP contribution in [0.15, 0.2) is 18.2 Å². The van der Waals surface area contributed by atoms with Gasteiger partial charge in [-0.2, -0.15) is 0 Å². The van der Waals surface area contributed by atoms with Gasteiger partial charge in [0.15, 0.2) is 6.10 Å². The lowest BCUT2D eigenvalue weighted by Crippen LogP contribution is -2.23. The molecule has 2 rings (SSSR count). The molecule has 1 unspecified atom stereocenters. The van der Waals surface area contributed by atoms with Crippen LogP contribution in [0.1, 0.15) is 23.7 Å². The molecular weight excluding hydrogens is 242 g/mol. The lowest BCUT2D eigenvalue weighted by molar-refractivity contribution is -0.144. The predicted molar refractivity (Wildman–Crippen MR) is 73.7 cm³/mol. The van der Waals surface area contributed by atoms with Gasteiger partial charge in [-0.1, -0.05) is 6.07 Å². The molecule has 1 heterocycles. The minimum absolute atomic E-state index is 0.579. The van der Waals surface area contributed by atoms with Gasteiger partial charge < -0.3 is 9.84 Å². The van der Waals surface area contributed by atoms with Gasteiger partial charge in [0.2, 0.25) is 0 Å². The van der Waals surface area contributed by atoms with Gasteiger partial charge in [0, 0.05) is 17.1 Å². The first kappa shape index (κ1) is 13.3. The number of nitrogens with zero attached hydrogens (tertiary/aromatic N) is 1. The number of rotatable bonds is 3. The zero-order valence-corrected chi connectivity index (χ0v) is 11.5. The number of carboxylic acid groups (broad SMARTS) is 1. The van der Waals surface area contributed by atoms with Crippen molar-refractivity contribution in [2.45, 2.75) is 33.8 Å². The normalized spacial score (nSPS) is 12.4. The number of hydrogen-bond acceptors (Lipinski definition) is 3. The first-order valence-corrected chi connectivity index (χ1v) is 6.16. The van der Waals surface area contributed by atoms with Crippen LogP contribution in [0, 0.1) is 20.8 Å². The van der Waals surface area contributed by atoms with Crippen LogP contribution < -0.4 is 4.74 Å². The fourth-order valence-corrected chi connectivity index (χ4v) is 2.17. The van der Waals surface area contributed by atoms with Gasteiger partial charge in [-0.15, -0.1) is 0 Å². The molecule has 4 heteroatoms. The van der Waals surface area contributed by atoms with E-state index in [0.29, 0.717) is 5.75 Å². The minimum Gasteiger partial charge on any atom is -0.479 e. The molecular formula is C15H17NO3. The highest BCUT2D eigenvalue weighted by molar-refractivity contribution is 5.89. The maximum Gasteiger partial charge on any atom is 0.344 e. The first-order chi connectivity index (χ1) is 8.88. The third-order valence-electron chi connectivity index (χ3n) is 2.99. The van der Waals surface area contributed by atoms with Crippen LogP contribution in [-0.4, -0.2) is 22.2 Å². The van der Waals surface area contributed by atoms with Crippen molar-refractivity contribution in [1.82, 2.24) is 4.98 Å². The summed E-state index contributed by atoms with van der Waals surface area (Å²) >= 11 is 0. The number of carboxylic acids is 1. The number of fused-ring (bicyclic) bond motifs is 1. The van der Waals surface area contributed by atoms with E-state index >= 15 is 0 Å². The number of benzene rings is 1. The van der Waals surface area contributed by atoms with Crippen molar-refractivity contribution in [2.24, 2.45) is 0 Å². The summed E-state index contributed by atoms with van der Waals surface area (Å²) in [6, 6.07) is 5.80. The molecule has 0 aliphatic carbocycles. The standard InChI is InChI=1S/C15H17NO3/c1-8-5-9(2)14-12(6-8)16-10(3)7-13(14)19-11(4)15(17)18/h5-7,11H,1-4H3,(H,17,18). The summed E-state index contributed by atoms with van der Waals surface area (Å²) in [5.41, 5.74) is 3.81. The van der Waals surface area contributed by atoms with Crippen LogP contribution in [0.3, 0.4) is 0 Å². The number of aromatic nitrogens is 1. The van der Waals surface area contributed by atoms with Gasteiger partial charge in [-0.3, -0.25) is 4.98 Å². The molecule has 0 amide bonds. The summed E-state index contributed by atoms with van der Waals surface area (Å²) in [5, 5.41) is 9.84. The Morgan fingerprint density at radius 1 is 1.26 bits per heavy atom. The number of aliphatic carboxylic acids is 1. The quantitative estimate of drug-likeness (QED) is 0.920. The summed E-state index contributed by atoms with van der Waals surface area (Å²) < 4.78 is 5.55. The molecule has 0 saturated heterocycles. The molecule has 1 atom stereocenters. The molecule has 0 bridgehead atoms. The molecule has 2 aromatic rings. The van der Waals surface area contributed by atoms with E-state index in [9.17, 15) is 4.79 Å². The highest BCUT2D eigenvalue weighted by Crippen LogP contribution is 2.30. The predicted octanol–water partition coefficient (Wildman–Crippen LogP) is 3.01. The van der Waals surface area contributed by atoms with Crippen molar-refractivity contribution < 1.29 is 14.6 Å². The number of aryl methyl sites for hydroxylation is 3. The van der Waals surface area contributed by atoms with E-state index in [1.807, 2.05) is 32.9 Å². The summed E-state index contributed by atoms with van der Waals surface area (Å²) in [6.07, 6.45) is -0.884. The highest BCUT2D eigenvalue weighted by Gasteiger charge is 2.16. The van der Waals surface area contributed by atoms with E-state index in [1.165, 1.54) is 6.92 Å². The van der Waals surface area contributed by atoms with Crippen molar-refractivity contribution in [1.29, 1.82) is 0 Å². The van der Waals surface area contributed by atoms with E-state index in [2.05, 4.69) is 4.98 Å². The Morgan fingerprint density at radius 3 is 2.58 bits per heavy atom. The zero-order valence-electron chi connectivity index (χ0n) is 11.5. The first-order valence-electron chi connectivity index (χ1n) is 6.16. The smallest absolute Gasteiger partial charge is 0.344 e. The Hall–Kier alpha value is -2.10. The lowest BCUT2D eigenvalue weighted by atomic mass is 10.0. The maximum atomic E-state index is 10.9. The van der Waals surface area contributed by atoms with E-state index in [1.54, 1.807) is 6.07 Å². The minimum atomic E-state index is -0.979. The molecule has 1 aromatic carbocycles. The fourth-order valence-electron chi connectivity index (χ4n) is 2.17. The monoisotopic (exact) mass is 259 g/mol. The van der Waals surface area contributed by atoms with Crippen molar-refractivity contribution >= 4 is 16.9 Å². The zero-order chi connectivity index (χ0) is 14.2. The van der Waals surface area contributed by atoms with E-state index in [0.717, 1.165) is 27.7 Å². The van der Waals surface area contributed by atoms with Gasteiger partial charge in [-0.05, 0) is 44.9 Å². The van der Waals surface area contributed by atoms with Gasteiger partial charge in [0.25, 0.3) is 0 Å². The van der Waals surface area contributed by atoms with Gasteiger partial charge in [-0.25, -0.2) is 4.79 Å². The SMILES string of the molecule is Cc1cc(C)c2c(OC(C)C(=O)O)cc(C)nc2c1. The van der Waals surface area contributed by atoms with Crippen LogP contribution >= 0.6 is 0 Å². The van der Waals surface area contributed by atoms with Crippen molar-refractivity contribution in [3.63, 3.8) is 0 Å². The van der Waals surface area contributed by atoms with E-state index in [-0.39, 0.29) is 0 Å². The summed E-state index contributed by atoms with van der Waals surface area (Å²) in [4.78, 5) is 15.4. The Bertz CT molecular complexity index is 644. The molecule has 0 spiro atoms. The van der Waals surface area contributed by atoms with E-state index < -0.39 is 12.1 Å². The molecule has 19 heavy (non-hydrogen) atoms.